The Morgan fingerprint density at radius 3 is 2.22 bits per heavy atom. The molecule has 1 aromatic carbocycles. The quantitative estimate of drug-likeness (QED) is 0.454. The van der Waals surface area contributed by atoms with Crippen molar-refractivity contribution < 1.29 is 29.6 Å². The summed E-state index contributed by atoms with van der Waals surface area (Å²) in [4.78, 5) is 0. The van der Waals surface area contributed by atoms with Crippen molar-refractivity contribution >= 4 is 31.9 Å². The molecule has 0 saturated heterocycles. The Morgan fingerprint density at radius 2 is 1.89 bits per heavy atom. The van der Waals surface area contributed by atoms with E-state index in [2.05, 4.69) is 37.9 Å². The Morgan fingerprint density at radius 1 is 1.22 bits per heavy atom. The van der Waals surface area contributed by atoms with Gasteiger partial charge in [0.25, 0.3) is 0 Å². The van der Waals surface area contributed by atoms with E-state index in [0.29, 0.717) is 0 Å². The van der Waals surface area contributed by atoms with Gasteiger partial charge in [-0.15, -0.1) is 15.9 Å². The minimum atomic E-state index is 0. The van der Waals surface area contributed by atoms with E-state index in [-0.39, 0.29) is 29.6 Å². The SMILES string of the molecule is Brc1[c-]cc(Br)cc1.[Na+]. The van der Waals surface area contributed by atoms with E-state index < -0.39 is 0 Å². The molecule has 0 aromatic heterocycles. The van der Waals surface area contributed by atoms with E-state index in [1.165, 1.54) is 0 Å². The molecular formula is C6H3Br2Na. The van der Waals surface area contributed by atoms with Crippen molar-refractivity contribution in [1.29, 1.82) is 0 Å². The van der Waals surface area contributed by atoms with E-state index in [1.807, 2.05) is 18.2 Å². The summed E-state index contributed by atoms with van der Waals surface area (Å²) >= 11 is 6.56. The molecule has 0 unspecified atom stereocenters. The molecule has 0 heterocycles. The Kier molecular flexibility index (Phi) is 5.56. The predicted molar refractivity (Wildman–Crippen MR) is 40.7 cm³/mol. The van der Waals surface area contributed by atoms with Gasteiger partial charge in [-0.1, -0.05) is 24.9 Å². The van der Waals surface area contributed by atoms with Crippen LogP contribution < -0.4 is 29.6 Å². The minimum absolute atomic E-state index is 0. The van der Waals surface area contributed by atoms with Crippen LogP contribution in [-0.4, -0.2) is 0 Å². The van der Waals surface area contributed by atoms with Crippen molar-refractivity contribution in [3.8, 4) is 0 Å². The second-order valence-corrected chi connectivity index (χ2v) is 3.12. The first-order valence-corrected chi connectivity index (χ1v) is 3.70. The van der Waals surface area contributed by atoms with Gasteiger partial charge in [-0.05, 0) is 0 Å². The topological polar surface area (TPSA) is 0 Å². The van der Waals surface area contributed by atoms with Crippen LogP contribution in [0.2, 0.25) is 0 Å². The predicted octanol–water partition coefficient (Wildman–Crippen LogP) is 0.0158. The summed E-state index contributed by atoms with van der Waals surface area (Å²) in [5.41, 5.74) is 0. The largest absolute Gasteiger partial charge is 1.00 e. The van der Waals surface area contributed by atoms with E-state index in [1.54, 1.807) is 0 Å². The molecule has 0 N–H and O–H groups in total. The van der Waals surface area contributed by atoms with Crippen molar-refractivity contribution in [3.63, 3.8) is 0 Å². The fraction of sp³-hybridized carbons (Fsp3) is 0. The summed E-state index contributed by atoms with van der Waals surface area (Å²) in [6.45, 7) is 0. The first kappa shape index (κ1) is 10.2. The Labute approximate surface area is 93.6 Å². The fourth-order valence-corrected chi connectivity index (χ4v) is 0.880. The van der Waals surface area contributed by atoms with Crippen molar-refractivity contribution in [3.05, 3.63) is 33.2 Å². The summed E-state index contributed by atoms with van der Waals surface area (Å²) in [5.74, 6) is 0. The number of hydrogen-bond acceptors (Lipinski definition) is 0. The third-order valence-electron chi connectivity index (χ3n) is 0.737. The Hall–Kier alpha value is 1.18. The van der Waals surface area contributed by atoms with Crippen LogP contribution in [0, 0.1) is 6.07 Å². The summed E-state index contributed by atoms with van der Waals surface area (Å²) in [7, 11) is 0. The maximum absolute atomic E-state index is 3.29. The van der Waals surface area contributed by atoms with Crippen LogP contribution in [0.15, 0.2) is 27.1 Å². The van der Waals surface area contributed by atoms with Crippen LogP contribution in [0.4, 0.5) is 0 Å². The minimum Gasteiger partial charge on any atom is -0.168 e. The fourth-order valence-electron chi connectivity index (χ4n) is 0.387. The van der Waals surface area contributed by atoms with Gasteiger partial charge in [0.15, 0.2) is 0 Å². The second-order valence-electron chi connectivity index (χ2n) is 1.35. The van der Waals surface area contributed by atoms with Crippen LogP contribution in [0.3, 0.4) is 0 Å². The summed E-state index contributed by atoms with van der Waals surface area (Å²) in [6, 6.07) is 8.73. The number of halogens is 2. The molecule has 42 valence electrons. The molecule has 0 nitrogen and oxygen atoms in total. The number of rotatable bonds is 0. The van der Waals surface area contributed by atoms with Crippen LogP contribution in [0.25, 0.3) is 0 Å². The van der Waals surface area contributed by atoms with Crippen molar-refractivity contribution in [2.75, 3.05) is 0 Å². The number of benzene rings is 1. The van der Waals surface area contributed by atoms with Crippen LogP contribution >= 0.6 is 31.9 Å². The molecule has 0 saturated carbocycles. The smallest absolute Gasteiger partial charge is 0.168 e. The zero-order valence-corrected chi connectivity index (χ0v) is 10.2. The average Bonchev–Trinajstić information content (AvgIpc) is 1.77. The summed E-state index contributed by atoms with van der Waals surface area (Å²) in [6.07, 6.45) is 0. The van der Waals surface area contributed by atoms with Gasteiger partial charge in [0.1, 0.15) is 0 Å². The van der Waals surface area contributed by atoms with Gasteiger partial charge >= 0.3 is 29.6 Å². The molecule has 0 aliphatic carbocycles. The van der Waals surface area contributed by atoms with E-state index in [0.717, 1.165) is 8.95 Å². The second kappa shape index (κ2) is 4.91. The van der Waals surface area contributed by atoms with Gasteiger partial charge in [-0.3, -0.25) is 0 Å². The first-order chi connectivity index (χ1) is 3.79. The van der Waals surface area contributed by atoms with Gasteiger partial charge in [0.2, 0.25) is 0 Å². The Bertz CT molecular complexity index is 150. The maximum Gasteiger partial charge on any atom is 1.00 e. The molecule has 0 atom stereocenters. The van der Waals surface area contributed by atoms with Gasteiger partial charge < -0.3 is 0 Å². The molecule has 0 radical (unpaired) electrons. The molecular weight excluding hydrogens is 255 g/mol. The zero-order valence-electron chi connectivity index (χ0n) is 4.99. The molecule has 0 aliphatic rings. The summed E-state index contributed by atoms with van der Waals surface area (Å²) in [5, 5.41) is 0. The van der Waals surface area contributed by atoms with E-state index >= 15 is 0 Å². The molecule has 0 bridgehead atoms. The molecule has 0 spiro atoms. The third kappa shape index (κ3) is 3.79. The molecule has 9 heavy (non-hydrogen) atoms. The van der Waals surface area contributed by atoms with Crippen molar-refractivity contribution in [2.24, 2.45) is 0 Å². The maximum atomic E-state index is 3.29. The monoisotopic (exact) mass is 256 g/mol. The van der Waals surface area contributed by atoms with E-state index in [9.17, 15) is 0 Å². The van der Waals surface area contributed by atoms with Gasteiger partial charge in [-0.25, -0.2) is 0 Å². The van der Waals surface area contributed by atoms with Crippen molar-refractivity contribution in [1.82, 2.24) is 0 Å². The average molecular weight is 258 g/mol. The number of hydrogen-bond donors (Lipinski definition) is 0. The van der Waals surface area contributed by atoms with Crippen LogP contribution in [-0.2, 0) is 0 Å². The first-order valence-electron chi connectivity index (χ1n) is 2.12. The van der Waals surface area contributed by atoms with Crippen LogP contribution in [0.5, 0.6) is 0 Å². The van der Waals surface area contributed by atoms with Crippen LogP contribution in [0.1, 0.15) is 0 Å². The van der Waals surface area contributed by atoms with Crippen molar-refractivity contribution in [2.45, 2.75) is 0 Å². The Balaban J connectivity index is 0.000000640. The third-order valence-corrected chi connectivity index (χ3v) is 1.72. The van der Waals surface area contributed by atoms with E-state index in [4.69, 9.17) is 0 Å². The molecule has 3 heteroatoms. The molecule has 0 aliphatic heterocycles. The molecule has 1 aromatic rings. The van der Waals surface area contributed by atoms with Gasteiger partial charge in [0.05, 0.1) is 0 Å². The normalized spacial score (nSPS) is 8.22. The van der Waals surface area contributed by atoms with Gasteiger partial charge in [0, 0.05) is 0 Å². The molecule has 0 fully saturated rings. The summed E-state index contributed by atoms with van der Waals surface area (Å²) < 4.78 is 2.04. The molecule has 1 rings (SSSR count). The standard InChI is InChI=1S/C6H3Br2.Na/c7-5-1-2-6(8)4-3-5;/h1-3H;/q-1;+1. The van der Waals surface area contributed by atoms with Gasteiger partial charge in [-0.2, -0.15) is 24.3 Å². The zero-order chi connectivity index (χ0) is 5.98. The molecule has 0 amide bonds.